The van der Waals surface area contributed by atoms with Crippen LogP contribution in [0.1, 0.15) is 82.4 Å². The zero-order valence-corrected chi connectivity index (χ0v) is 30.8. The van der Waals surface area contributed by atoms with Crippen LogP contribution in [0.15, 0.2) is 48.7 Å². The van der Waals surface area contributed by atoms with Gasteiger partial charge in [0.2, 0.25) is 0 Å². The summed E-state index contributed by atoms with van der Waals surface area (Å²) in [5, 5.41) is 38.4. The maximum atomic E-state index is 13.3. The number of carbonyl (C=O) groups excluding carboxylic acids is 2. The van der Waals surface area contributed by atoms with Crippen molar-refractivity contribution in [1.29, 1.82) is 5.26 Å². The van der Waals surface area contributed by atoms with Crippen LogP contribution in [0.25, 0.3) is 0 Å². The fourth-order valence-electron chi connectivity index (χ4n) is 7.70. The molecule has 0 saturated carbocycles. The molecule has 13 heteroatoms. The van der Waals surface area contributed by atoms with E-state index in [0.717, 1.165) is 40.9 Å². The number of benzene rings is 2. The Balaban J connectivity index is 1.54. The van der Waals surface area contributed by atoms with Crippen LogP contribution in [0.3, 0.4) is 0 Å². The molecule has 5 N–H and O–H groups in total. The SMILES string of the molecule is C=C(CN[C@H](C)CC1(c2nnn[nH]2)c2ccc(C(=O)NCCNC)cc2CCc2cc(C(=O)NCCN(C)C)ccc21)N1C(C#N)C[C@H](C)C1C. The number of H-pyrrole nitrogens is 1. The smallest absolute Gasteiger partial charge is 0.251 e. The van der Waals surface area contributed by atoms with Gasteiger partial charge in [0, 0.05) is 61.6 Å². The number of fused-ring (bicyclic) bond motifs is 2. The number of aryl methyl sites for hydroxylation is 2. The third kappa shape index (κ3) is 8.14. The molecule has 2 amide bonds. The van der Waals surface area contributed by atoms with Gasteiger partial charge in [0.15, 0.2) is 5.82 Å². The highest BCUT2D eigenvalue weighted by atomic mass is 16.2. The molecular formula is C38H53N11O2. The third-order valence-corrected chi connectivity index (χ3v) is 10.5. The first-order chi connectivity index (χ1) is 24.5. The van der Waals surface area contributed by atoms with Crippen molar-refractivity contribution in [3.8, 4) is 6.07 Å². The van der Waals surface area contributed by atoms with Crippen LogP contribution < -0.4 is 21.3 Å². The van der Waals surface area contributed by atoms with E-state index in [1.165, 1.54) is 0 Å². The standard InChI is InChI=1S/C38H53N11O2/c1-24-18-32(22-39)49(27(24)4)26(3)23-43-25(2)21-38(37-44-46-47-45-37)33-12-10-30(35(50)41-15-14-40-5)19-28(33)8-9-29-20-31(11-13-34(29)38)36(51)42-16-17-48(6)7/h10-13,19-20,24-25,27,32,40,43H,3,8-9,14-18,21,23H2,1-2,4-7H3,(H,41,50)(H,42,51)(H,44,45,46,47)/t24-,25+,27?,32?,38?/m0/s1. The van der Waals surface area contributed by atoms with Gasteiger partial charge in [0.05, 0.1) is 11.5 Å². The molecule has 51 heavy (non-hydrogen) atoms. The van der Waals surface area contributed by atoms with Crippen LogP contribution in [0.2, 0.25) is 0 Å². The molecule has 5 rings (SSSR count). The highest BCUT2D eigenvalue weighted by molar-refractivity contribution is 5.95. The van der Waals surface area contributed by atoms with Gasteiger partial charge < -0.3 is 31.1 Å². The van der Waals surface area contributed by atoms with Gasteiger partial charge in [-0.05, 0) is 124 Å². The lowest BCUT2D eigenvalue weighted by Gasteiger charge is -2.37. The van der Waals surface area contributed by atoms with E-state index in [-0.39, 0.29) is 29.9 Å². The van der Waals surface area contributed by atoms with Crippen LogP contribution in [0.4, 0.5) is 0 Å². The van der Waals surface area contributed by atoms with Gasteiger partial charge in [-0.2, -0.15) is 5.26 Å². The maximum absolute atomic E-state index is 13.3. The molecule has 1 fully saturated rings. The van der Waals surface area contributed by atoms with E-state index >= 15 is 0 Å². The Bertz CT molecular complexity index is 1730. The molecule has 0 radical (unpaired) electrons. The van der Waals surface area contributed by atoms with Crippen LogP contribution >= 0.6 is 0 Å². The Morgan fingerprint density at radius 2 is 1.69 bits per heavy atom. The van der Waals surface area contributed by atoms with Gasteiger partial charge in [-0.15, -0.1) is 5.10 Å². The van der Waals surface area contributed by atoms with E-state index in [1.54, 1.807) is 0 Å². The van der Waals surface area contributed by atoms with Gasteiger partial charge in [-0.3, -0.25) is 9.59 Å². The first-order valence-electron chi connectivity index (χ1n) is 18.0. The normalized spacial score (nSPS) is 21.7. The van der Waals surface area contributed by atoms with Crippen molar-refractivity contribution in [2.45, 2.75) is 70.0 Å². The molecule has 3 aromatic rings. The lowest BCUT2D eigenvalue weighted by molar-refractivity contribution is 0.0944. The number of carbonyl (C=O) groups is 2. The highest BCUT2D eigenvalue weighted by Gasteiger charge is 2.45. The Kier molecular flexibility index (Phi) is 12.2. The summed E-state index contributed by atoms with van der Waals surface area (Å²) < 4.78 is 0. The van der Waals surface area contributed by atoms with Crippen LogP contribution in [-0.2, 0) is 18.3 Å². The van der Waals surface area contributed by atoms with Crippen molar-refractivity contribution in [2.24, 2.45) is 5.92 Å². The lowest BCUT2D eigenvalue weighted by Crippen LogP contribution is -2.43. The number of nitriles is 1. The van der Waals surface area contributed by atoms with E-state index in [4.69, 9.17) is 0 Å². The fourth-order valence-corrected chi connectivity index (χ4v) is 7.70. The van der Waals surface area contributed by atoms with Crippen molar-refractivity contribution >= 4 is 11.8 Å². The van der Waals surface area contributed by atoms with E-state index in [0.29, 0.717) is 68.3 Å². The van der Waals surface area contributed by atoms with Crippen molar-refractivity contribution in [3.63, 3.8) is 0 Å². The summed E-state index contributed by atoms with van der Waals surface area (Å²) >= 11 is 0. The van der Waals surface area contributed by atoms with Crippen LogP contribution in [-0.4, -0.2) is 114 Å². The average Bonchev–Trinajstić information content (AvgIpc) is 3.73. The molecule has 1 aliphatic carbocycles. The minimum absolute atomic E-state index is 0.0694. The minimum Gasteiger partial charge on any atom is -0.355 e. The molecule has 1 aromatic heterocycles. The fraction of sp³-hybridized carbons (Fsp3) is 0.526. The number of aromatic amines is 1. The van der Waals surface area contributed by atoms with E-state index in [2.05, 4.69) is 80.2 Å². The predicted octanol–water partition coefficient (Wildman–Crippen LogP) is 2.38. The molecule has 0 spiro atoms. The second-order valence-corrected chi connectivity index (χ2v) is 14.4. The average molecular weight is 696 g/mol. The van der Waals surface area contributed by atoms with E-state index in [1.807, 2.05) is 62.4 Å². The highest BCUT2D eigenvalue weighted by Crippen LogP contribution is 2.47. The van der Waals surface area contributed by atoms with Gasteiger partial charge in [0.1, 0.15) is 6.04 Å². The van der Waals surface area contributed by atoms with Gasteiger partial charge in [-0.1, -0.05) is 25.6 Å². The first-order valence-corrected chi connectivity index (χ1v) is 18.0. The van der Waals surface area contributed by atoms with Crippen molar-refractivity contribution in [3.05, 3.63) is 87.9 Å². The molecule has 3 unspecified atom stereocenters. The Labute approximate surface area is 301 Å². The van der Waals surface area contributed by atoms with Crippen molar-refractivity contribution in [2.75, 3.05) is 53.9 Å². The molecule has 2 aromatic carbocycles. The summed E-state index contributed by atoms with van der Waals surface area (Å²) in [5.41, 5.74) is 5.29. The summed E-state index contributed by atoms with van der Waals surface area (Å²) in [5.74, 6) is 0.734. The Hall–Kier alpha value is -4.64. The predicted molar refractivity (Wildman–Crippen MR) is 197 cm³/mol. The summed E-state index contributed by atoms with van der Waals surface area (Å²) in [6.07, 6.45) is 2.71. The van der Waals surface area contributed by atoms with Gasteiger partial charge in [-0.25, -0.2) is 5.10 Å². The number of hydrogen-bond donors (Lipinski definition) is 5. The molecule has 5 atom stereocenters. The second-order valence-electron chi connectivity index (χ2n) is 14.4. The summed E-state index contributed by atoms with van der Waals surface area (Å²) in [4.78, 5) is 30.7. The number of hydrogen-bond acceptors (Lipinski definition) is 10. The van der Waals surface area contributed by atoms with Crippen molar-refractivity contribution < 1.29 is 9.59 Å². The molecule has 0 bridgehead atoms. The molecule has 13 nitrogen and oxygen atoms in total. The quantitative estimate of drug-likeness (QED) is 0.149. The number of tetrazole rings is 1. The first kappa shape index (κ1) is 37.6. The summed E-state index contributed by atoms with van der Waals surface area (Å²) in [6, 6.07) is 14.3. The number of nitrogens with zero attached hydrogens (tertiary/aromatic N) is 6. The maximum Gasteiger partial charge on any atom is 0.251 e. The minimum atomic E-state index is -0.843. The number of amides is 2. The topological polar surface area (TPSA) is 167 Å². The second kappa shape index (κ2) is 16.6. The number of nitrogens with one attached hydrogen (secondary N) is 5. The molecule has 1 saturated heterocycles. The van der Waals surface area contributed by atoms with Crippen LogP contribution in [0, 0.1) is 17.2 Å². The summed E-state index contributed by atoms with van der Waals surface area (Å²) in [7, 11) is 5.80. The largest absolute Gasteiger partial charge is 0.355 e. The van der Waals surface area contributed by atoms with Crippen LogP contribution in [0.5, 0.6) is 0 Å². The Morgan fingerprint density at radius 1 is 1.06 bits per heavy atom. The van der Waals surface area contributed by atoms with Crippen molar-refractivity contribution in [1.82, 2.24) is 51.7 Å². The monoisotopic (exact) mass is 695 g/mol. The molecular weight excluding hydrogens is 642 g/mol. The lowest BCUT2D eigenvalue weighted by atomic mass is 9.67. The zero-order valence-electron chi connectivity index (χ0n) is 30.8. The molecule has 272 valence electrons. The van der Waals surface area contributed by atoms with Gasteiger partial charge in [0.25, 0.3) is 11.8 Å². The Morgan fingerprint density at radius 3 is 2.24 bits per heavy atom. The summed E-state index contributed by atoms with van der Waals surface area (Å²) in [6.45, 7) is 13.9. The number of likely N-dealkylation sites (tertiary alicyclic amines) is 1. The number of likely N-dealkylation sites (N-methyl/N-ethyl adjacent to an activating group) is 2. The number of rotatable bonds is 15. The molecule has 2 heterocycles. The zero-order chi connectivity index (χ0) is 36.7. The number of aromatic nitrogens is 4. The molecule has 2 aliphatic rings. The third-order valence-electron chi connectivity index (χ3n) is 10.5. The van der Waals surface area contributed by atoms with E-state index in [9.17, 15) is 14.9 Å². The van der Waals surface area contributed by atoms with Gasteiger partial charge >= 0.3 is 0 Å². The molecule has 1 aliphatic heterocycles. The van der Waals surface area contributed by atoms with E-state index < -0.39 is 5.41 Å².